The van der Waals surface area contributed by atoms with Gasteiger partial charge in [0.2, 0.25) is 0 Å². The molecule has 4 nitrogen and oxygen atoms in total. The van der Waals surface area contributed by atoms with E-state index in [4.69, 9.17) is 20.8 Å². The van der Waals surface area contributed by atoms with Crippen LogP contribution in [0.4, 0.5) is 8.78 Å². The Balaban J connectivity index is 1.59. The lowest BCUT2D eigenvalue weighted by Gasteiger charge is -2.03. The van der Waals surface area contributed by atoms with Crippen molar-refractivity contribution in [3.8, 4) is 17.1 Å². The van der Waals surface area contributed by atoms with Gasteiger partial charge >= 0.3 is 5.97 Å². The average Bonchev–Trinajstić information content (AvgIpc) is 3.04. The maximum absolute atomic E-state index is 13.7. The number of carbonyl (C=O) groups excluding carboxylic acids is 1. The first-order valence-electron chi connectivity index (χ1n) is 7.37. The van der Waals surface area contributed by atoms with Crippen molar-refractivity contribution in [1.29, 1.82) is 0 Å². The van der Waals surface area contributed by atoms with Crippen LogP contribution in [0.15, 0.2) is 53.1 Å². The summed E-state index contributed by atoms with van der Waals surface area (Å²) in [6.45, 7) is 0. The predicted molar refractivity (Wildman–Crippen MR) is 87.3 cm³/mol. The van der Waals surface area contributed by atoms with Gasteiger partial charge in [0.05, 0.1) is 18.2 Å². The Morgan fingerprint density at radius 3 is 2.64 bits per heavy atom. The smallest absolute Gasteiger partial charge is 0.311 e. The molecule has 0 saturated carbocycles. The van der Waals surface area contributed by atoms with Gasteiger partial charge in [-0.3, -0.25) is 4.79 Å². The van der Waals surface area contributed by atoms with E-state index in [1.165, 1.54) is 12.3 Å². The second-order valence-electron chi connectivity index (χ2n) is 5.17. The van der Waals surface area contributed by atoms with Crippen LogP contribution < -0.4 is 4.74 Å². The van der Waals surface area contributed by atoms with Crippen LogP contribution in [0, 0.1) is 11.6 Å². The number of esters is 1. The van der Waals surface area contributed by atoms with Gasteiger partial charge in [-0.15, -0.1) is 0 Å². The molecule has 2 aromatic carbocycles. The minimum atomic E-state index is -0.746. The SMILES string of the molecule is O=C(CCc1ncc(-c2ccc(F)cc2F)o1)Oc1ccc(Cl)cc1. The van der Waals surface area contributed by atoms with Gasteiger partial charge in [-0.05, 0) is 36.4 Å². The van der Waals surface area contributed by atoms with Crippen LogP contribution in [-0.2, 0) is 11.2 Å². The molecule has 1 heterocycles. The molecule has 3 aromatic rings. The first-order valence-corrected chi connectivity index (χ1v) is 7.75. The zero-order valence-corrected chi connectivity index (χ0v) is 13.6. The molecule has 0 aliphatic rings. The number of oxazole rings is 1. The van der Waals surface area contributed by atoms with Gasteiger partial charge in [0.1, 0.15) is 17.4 Å². The molecule has 0 fully saturated rings. The van der Waals surface area contributed by atoms with E-state index in [9.17, 15) is 13.6 Å². The number of hydrogen-bond acceptors (Lipinski definition) is 4. The Morgan fingerprint density at radius 2 is 1.92 bits per heavy atom. The number of aryl methyl sites for hydroxylation is 1. The molecule has 128 valence electrons. The Hall–Kier alpha value is -2.73. The lowest BCUT2D eigenvalue weighted by Crippen LogP contribution is -2.09. The molecule has 1 aromatic heterocycles. The summed E-state index contributed by atoms with van der Waals surface area (Å²) in [5, 5.41) is 0.542. The number of rotatable bonds is 5. The van der Waals surface area contributed by atoms with Gasteiger partial charge in [-0.2, -0.15) is 0 Å². The number of carbonyl (C=O) groups is 1. The van der Waals surface area contributed by atoms with Crippen molar-refractivity contribution >= 4 is 17.6 Å². The fourth-order valence-electron chi connectivity index (χ4n) is 2.13. The van der Waals surface area contributed by atoms with Crippen LogP contribution in [0.3, 0.4) is 0 Å². The largest absolute Gasteiger partial charge is 0.441 e. The molecule has 0 radical (unpaired) electrons. The van der Waals surface area contributed by atoms with Crippen molar-refractivity contribution in [2.45, 2.75) is 12.8 Å². The first-order chi connectivity index (χ1) is 12.0. The van der Waals surface area contributed by atoms with Crippen LogP contribution in [0.5, 0.6) is 5.75 Å². The van der Waals surface area contributed by atoms with Crippen LogP contribution in [0.25, 0.3) is 11.3 Å². The first kappa shape index (κ1) is 17.1. The van der Waals surface area contributed by atoms with Gasteiger partial charge in [0, 0.05) is 17.5 Å². The highest BCUT2D eigenvalue weighted by molar-refractivity contribution is 6.30. The number of aromatic nitrogens is 1. The molecule has 25 heavy (non-hydrogen) atoms. The van der Waals surface area contributed by atoms with Crippen molar-refractivity contribution in [2.75, 3.05) is 0 Å². The molecule has 0 amide bonds. The summed E-state index contributed by atoms with van der Waals surface area (Å²) in [6, 6.07) is 9.56. The monoisotopic (exact) mass is 363 g/mol. The van der Waals surface area contributed by atoms with Crippen LogP contribution in [0.1, 0.15) is 12.3 Å². The third-order valence-corrected chi connectivity index (χ3v) is 3.59. The van der Waals surface area contributed by atoms with E-state index in [0.29, 0.717) is 10.8 Å². The van der Waals surface area contributed by atoms with Crippen molar-refractivity contribution in [2.24, 2.45) is 0 Å². The standard InChI is InChI=1S/C18H12ClF2NO3/c19-11-1-4-13(5-2-11)24-18(23)8-7-17-22-10-16(25-17)14-6-3-12(20)9-15(14)21/h1-6,9-10H,7-8H2. The molecule has 0 aliphatic heterocycles. The van der Waals surface area contributed by atoms with Gasteiger partial charge < -0.3 is 9.15 Å². The van der Waals surface area contributed by atoms with E-state index in [1.54, 1.807) is 24.3 Å². The third-order valence-electron chi connectivity index (χ3n) is 3.34. The highest BCUT2D eigenvalue weighted by Gasteiger charge is 2.13. The maximum atomic E-state index is 13.7. The number of nitrogens with zero attached hydrogens (tertiary/aromatic N) is 1. The predicted octanol–water partition coefficient (Wildman–Crippen LogP) is 4.81. The third kappa shape index (κ3) is 4.42. The molecule has 0 bridgehead atoms. The lowest BCUT2D eigenvalue weighted by atomic mass is 10.2. The molecule has 0 saturated heterocycles. The molecule has 0 aliphatic carbocycles. The van der Waals surface area contributed by atoms with Crippen molar-refractivity contribution in [1.82, 2.24) is 4.98 Å². The number of halogens is 3. The Bertz CT molecular complexity index is 894. The maximum Gasteiger partial charge on any atom is 0.311 e. The highest BCUT2D eigenvalue weighted by atomic mass is 35.5. The Kier molecular flexibility index (Phi) is 5.09. The minimum Gasteiger partial charge on any atom is -0.441 e. The van der Waals surface area contributed by atoms with Crippen LogP contribution in [-0.4, -0.2) is 11.0 Å². The van der Waals surface area contributed by atoms with E-state index in [1.807, 2.05) is 0 Å². The minimum absolute atomic E-state index is 0.0362. The summed E-state index contributed by atoms with van der Waals surface area (Å²) in [7, 11) is 0. The molecular weight excluding hydrogens is 352 g/mol. The Morgan fingerprint density at radius 1 is 1.16 bits per heavy atom. The van der Waals surface area contributed by atoms with E-state index in [-0.39, 0.29) is 30.1 Å². The second kappa shape index (κ2) is 7.44. The van der Waals surface area contributed by atoms with E-state index in [0.717, 1.165) is 12.1 Å². The fourth-order valence-corrected chi connectivity index (χ4v) is 2.26. The summed E-state index contributed by atoms with van der Waals surface area (Å²) < 4.78 is 37.2. The van der Waals surface area contributed by atoms with Gasteiger partial charge in [0.15, 0.2) is 11.7 Å². The van der Waals surface area contributed by atoms with Crippen LogP contribution in [0.2, 0.25) is 5.02 Å². The summed E-state index contributed by atoms with van der Waals surface area (Å²) in [4.78, 5) is 15.8. The van der Waals surface area contributed by atoms with E-state index < -0.39 is 17.6 Å². The van der Waals surface area contributed by atoms with Gasteiger partial charge in [0.25, 0.3) is 0 Å². The van der Waals surface area contributed by atoms with E-state index in [2.05, 4.69) is 4.98 Å². The number of benzene rings is 2. The fraction of sp³-hybridized carbons (Fsp3) is 0.111. The van der Waals surface area contributed by atoms with E-state index >= 15 is 0 Å². The van der Waals surface area contributed by atoms with Crippen molar-refractivity contribution in [3.63, 3.8) is 0 Å². The quantitative estimate of drug-likeness (QED) is 0.482. The second-order valence-corrected chi connectivity index (χ2v) is 5.61. The molecule has 3 rings (SSSR count). The topological polar surface area (TPSA) is 52.3 Å². The summed E-state index contributed by atoms with van der Waals surface area (Å²) in [5.74, 6) is -1.08. The molecule has 0 N–H and O–H groups in total. The van der Waals surface area contributed by atoms with Gasteiger partial charge in [-0.1, -0.05) is 11.6 Å². The highest BCUT2D eigenvalue weighted by Crippen LogP contribution is 2.24. The molecular formula is C18H12ClF2NO3. The molecule has 0 unspecified atom stereocenters. The van der Waals surface area contributed by atoms with Crippen LogP contribution >= 0.6 is 11.6 Å². The van der Waals surface area contributed by atoms with Crippen molar-refractivity contribution in [3.05, 3.63) is 71.2 Å². The molecule has 0 atom stereocenters. The number of hydrogen-bond donors (Lipinski definition) is 0. The zero-order chi connectivity index (χ0) is 17.8. The normalized spacial score (nSPS) is 10.7. The number of ether oxygens (including phenoxy) is 1. The lowest BCUT2D eigenvalue weighted by molar-refractivity contribution is -0.134. The zero-order valence-electron chi connectivity index (χ0n) is 12.8. The Labute approximate surface area is 147 Å². The average molecular weight is 364 g/mol. The van der Waals surface area contributed by atoms with Gasteiger partial charge in [-0.25, -0.2) is 13.8 Å². The summed E-state index contributed by atoms with van der Waals surface area (Å²) in [5.41, 5.74) is 0.101. The van der Waals surface area contributed by atoms with Crippen molar-refractivity contribution < 1.29 is 22.7 Å². The molecule has 7 heteroatoms. The summed E-state index contributed by atoms with van der Waals surface area (Å²) >= 11 is 5.75. The summed E-state index contributed by atoms with van der Waals surface area (Å²) in [6.07, 6.45) is 1.56. The molecule has 0 spiro atoms.